The van der Waals surface area contributed by atoms with Gasteiger partial charge in [-0.1, -0.05) is 18.2 Å². The number of hydrogen-bond acceptors (Lipinski definition) is 3. The van der Waals surface area contributed by atoms with E-state index in [-0.39, 0.29) is 5.91 Å². The van der Waals surface area contributed by atoms with E-state index in [0.717, 1.165) is 49.8 Å². The van der Waals surface area contributed by atoms with Crippen molar-refractivity contribution in [3.8, 4) is 11.5 Å². The number of nitrogens with two attached hydrogens (primary N) is 1. The molecule has 1 aliphatic heterocycles. The van der Waals surface area contributed by atoms with Gasteiger partial charge < -0.3 is 15.8 Å². The Morgan fingerprint density at radius 3 is 2.42 bits per heavy atom. The average molecular weight is 326 g/mol. The topological polar surface area (TPSA) is 64.4 Å². The third-order valence-corrected chi connectivity index (χ3v) is 4.48. The Balaban J connectivity index is 1.82. The van der Waals surface area contributed by atoms with Crippen LogP contribution >= 0.6 is 0 Å². The van der Waals surface area contributed by atoms with Crippen molar-refractivity contribution in [1.82, 2.24) is 9.80 Å². The maximum Gasteiger partial charge on any atom is 0.273 e. The highest BCUT2D eigenvalue weighted by atomic mass is 16.5. The van der Waals surface area contributed by atoms with E-state index >= 15 is 0 Å². The van der Waals surface area contributed by atoms with E-state index in [0.29, 0.717) is 11.0 Å². The van der Waals surface area contributed by atoms with E-state index in [1.54, 1.807) is 0 Å². The summed E-state index contributed by atoms with van der Waals surface area (Å²) in [6.07, 6.45) is 1.02. The Morgan fingerprint density at radius 2 is 1.71 bits per heavy atom. The van der Waals surface area contributed by atoms with Crippen LogP contribution in [0.2, 0.25) is 0 Å². The maximum atomic E-state index is 11.6. The Labute approximate surface area is 142 Å². The third kappa shape index (κ3) is 3.93. The van der Waals surface area contributed by atoms with Crippen molar-refractivity contribution in [2.75, 3.05) is 32.7 Å². The van der Waals surface area contributed by atoms with Gasteiger partial charge in [0.25, 0.3) is 5.91 Å². The van der Waals surface area contributed by atoms with Crippen molar-refractivity contribution in [2.45, 2.75) is 6.42 Å². The molecule has 0 radical (unpaired) electrons. The molecule has 1 aliphatic rings. The Hall–Kier alpha value is -2.37. The number of para-hydroxylation sites is 1. The lowest BCUT2D eigenvalue weighted by Crippen LogP contribution is -2.55. The number of quaternary nitrogens is 1. The second-order valence-electron chi connectivity index (χ2n) is 6.23. The largest absolute Gasteiger partial charge is 0.457 e. The molecule has 0 aliphatic carbocycles. The van der Waals surface area contributed by atoms with E-state index in [1.807, 2.05) is 54.6 Å². The summed E-state index contributed by atoms with van der Waals surface area (Å²) in [5, 5.41) is 3.40. The molecular formula is C19H24N3O2+. The number of rotatable bonds is 5. The van der Waals surface area contributed by atoms with Gasteiger partial charge in [0.05, 0.1) is 13.1 Å². The molecule has 0 spiro atoms. The highest BCUT2D eigenvalue weighted by Crippen LogP contribution is 2.29. The number of carbonyl (C=O) groups excluding carboxylic acids is 1. The van der Waals surface area contributed by atoms with Gasteiger partial charge in [0.2, 0.25) is 0 Å². The summed E-state index contributed by atoms with van der Waals surface area (Å²) in [7, 11) is 0. The molecule has 5 heteroatoms. The van der Waals surface area contributed by atoms with Crippen molar-refractivity contribution in [3.05, 3.63) is 54.6 Å². The lowest BCUT2D eigenvalue weighted by Gasteiger charge is -2.36. The zero-order valence-electron chi connectivity index (χ0n) is 13.8. The van der Waals surface area contributed by atoms with Gasteiger partial charge in [-0.15, -0.1) is 0 Å². The molecule has 2 aromatic carbocycles. The van der Waals surface area contributed by atoms with Gasteiger partial charge in [0, 0.05) is 31.6 Å². The molecule has 1 saturated heterocycles. The summed E-state index contributed by atoms with van der Waals surface area (Å²) in [6, 6.07) is 17.7. The Morgan fingerprint density at radius 1 is 1.00 bits per heavy atom. The van der Waals surface area contributed by atoms with Gasteiger partial charge >= 0.3 is 0 Å². The zero-order chi connectivity index (χ0) is 16.8. The lowest BCUT2D eigenvalue weighted by molar-refractivity contribution is -0.118. The van der Waals surface area contributed by atoms with Crippen molar-refractivity contribution < 1.29 is 9.53 Å². The number of carbonyl (C=O) groups is 1. The number of ether oxygens (including phenoxy) is 1. The van der Waals surface area contributed by atoms with Gasteiger partial charge in [-0.05, 0) is 24.3 Å². The molecule has 24 heavy (non-hydrogen) atoms. The minimum absolute atomic E-state index is 0.262. The normalized spacial score (nSPS) is 21.0. The highest BCUT2D eigenvalue weighted by Gasteiger charge is 2.33. The zero-order valence-corrected chi connectivity index (χ0v) is 13.8. The molecule has 1 atom stereocenters. The molecule has 0 bridgehead atoms. The van der Waals surface area contributed by atoms with Crippen LogP contribution in [0.3, 0.4) is 0 Å². The van der Waals surface area contributed by atoms with Gasteiger partial charge in [-0.3, -0.25) is 9.28 Å². The van der Waals surface area contributed by atoms with Crippen LogP contribution in [0.25, 0.3) is 0 Å². The summed E-state index contributed by atoms with van der Waals surface area (Å²) >= 11 is 0. The first-order chi connectivity index (χ1) is 11.7. The fraction of sp³-hybridized carbons (Fsp3) is 0.316. The van der Waals surface area contributed by atoms with Crippen molar-refractivity contribution >= 4 is 11.6 Å². The van der Waals surface area contributed by atoms with Crippen LogP contribution < -0.4 is 20.3 Å². The number of nitrogens with zero attached hydrogens (tertiary/aromatic N) is 1. The molecule has 0 saturated carbocycles. The molecule has 1 heterocycles. The molecule has 1 unspecified atom stereocenters. The molecule has 0 aromatic heterocycles. The number of primary amides is 1. The first-order valence-corrected chi connectivity index (χ1v) is 8.37. The Kier molecular flexibility index (Phi) is 5.13. The summed E-state index contributed by atoms with van der Waals surface area (Å²) in [5.74, 6) is 1.34. The van der Waals surface area contributed by atoms with Crippen LogP contribution in [0.1, 0.15) is 6.42 Å². The highest BCUT2D eigenvalue weighted by molar-refractivity contribution is 5.78. The first-order valence-electron chi connectivity index (χ1n) is 8.37. The van der Waals surface area contributed by atoms with Crippen molar-refractivity contribution in [3.63, 3.8) is 0 Å². The standard InChI is InChI=1S/C19H23N3O2/c20-19(23)15-22(13-4-11-21-12-14-22)16-7-9-18(10-8-16)24-17-5-2-1-3-6-17/h1-3,5-10,21H,4,11-15H2,(H-,20,23)/p+1. The maximum absolute atomic E-state index is 11.6. The van der Waals surface area contributed by atoms with Gasteiger partial charge in [0.15, 0.2) is 6.54 Å². The average Bonchev–Trinajstić information content (AvgIpc) is 2.82. The number of hydrogen-bond donors (Lipinski definition) is 2. The predicted molar refractivity (Wildman–Crippen MR) is 96.0 cm³/mol. The van der Waals surface area contributed by atoms with Gasteiger partial charge in [0.1, 0.15) is 17.2 Å². The molecule has 3 rings (SSSR count). The molecule has 1 fully saturated rings. The summed E-state index contributed by atoms with van der Waals surface area (Å²) in [6.45, 7) is 3.97. The number of amides is 1. The molecule has 5 nitrogen and oxygen atoms in total. The molecule has 1 amide bonds. The SMILES string of the molecule is NC(=O)C[N+]1(c2ccc(Oc3ccccc3)cc2)CCCNCC1. The molecular weight excluding hydrogens is 302 g/mol. The van der Waals surface area contributed by atoms with Crippen LogP contribution in [0, 0.1) is 0 Å². The fourth-order valence-electron chi connectivity index (χ4n) is 3.30. The first kappa shape index (κ1) is 16.5. The minimum Gasteiger partial charge on any atom is -0.457 e. The minimum atomic E-state index is -0.262. The van der Waals surface area contributed by atoms with Gasteiger partial charge in [-0.2, -0.15) is 0 Å². The van der Waals surface area contributed by atoms with E-state index in [4.69, 9.17) is 10.5 Å². The van der Waals surface area contributed by atoms with E-state index in [2.05, 4.69) is 5.32 Å². The molecule has 126 valence electrons. The fourth-order valence-corrected chi connectivity index (χ4v) is 3.30. The van der Waals surface area contributed by atoms with Crippen molar-refractivity contribution in [1.29, 1.82) is 0 Å². The third-order valence-electron chi connectivity index (χ3n) is 4.48. The predicted octanol–water partition coefficient (Wildman–Crippen LogP) is 2.26. The van der Waals surface area contributed by atoms with Gasteiger partial charge in [-0.25, -0.2) is 0 Å². The lowest BCUT2D eigenvalue weighted by atomic mass is 10.2. The van der Waals surface area contributed by atoms with Crippen molar-refractivity contribution in [2.24, 2.45) is 5.73 Å². The number of nitrogens with one attached hydrogen (secondary N) is 1. The van der Waals surface area contributed by atoms with Crippen LogP contribution in [0.5, 0.6) is 11.5 Å². The van der Waals surface area contributed by atoms with Crippen LogP contribution in [0.4, 0.5) is 5.69 Å². The second-order valence-corrected chi connectivity index (χ2v) is 6.23. The van der Waals surface area contributed by atoms with Crippen LogP contribution in [-0.2, 0) is 4.79 Å². The van der Waals surface area contributed by atoms with E-state index in [1.165, 1.54) is 0 Å². The second kappa shape index (κ2) is 7.47. The quantitative estimate of drug-likeness (QED) is 0.829. The summed E-state index contributed by atoms with van der Waals surface area (Å²) in [4.78, 5) is 11.6. The number of benzene rings is 2. The monoisotopic (exact) mass is 326 g/mol. The molecule has 2 aromatic rings. The molecule has 3 N–H and O–H groups in total. The Bertz CT molecular complexity index is 663. The summed E-state index contributed by atoms with van der Waals surface area (Å²) < 4.78 is 6.45. The van der Waals surface area contributed by atoms with Crippen LogP contribution in [-0.4, -0.2) is 38.6 Å². The van der Waals surface area contributed by atoms with Crippen LogP contribution in [0.15, 0.2) is 54.6 Å². The summed E-state index contributed by atoms with van der Waals surface area (Å²) in [5.41, 5.74) is 6.64. The van der Waals surface area contributed by atoms with E-state index in [9.17, 15) is 4.79 Å². The smallest absolute Gasteiger partial charge is 0.273 e. The van der Waals surface area contributed by atoms with E-state index < -0.39 is 0 Å².